The van der Waals surface area contributed by atoms with Gasteiger partial charge in [-0.3, -0.25) is 9.69 Å². The van der Waals surface area contributed by atoms with Crippen LogP contribution in [0.4, 0.5) is 0 Å². The summed E-state index contributed by atoms with van der Waals surface area (Å²) in [4.78, 5) is 19.2. The highest BCUT2D eigenvalue weighted by Gasteiger charge is 2.13. The normalized spacial score (nSPS) is 14.4. The molecule has 0 saturated carbocycles. The maximum atomic E-state index is 12.5. The molecule has 1 aliphatic heterocycles. The molecule has 0 atom stereocenters. The minimum atomic E-state index is -0.183. The smallest absolute Gasteiger partial charge is 0.269 e. The predicted molar refractivity (Wildman–Crippen MR) is 122 cm³/mol. The molecule has 32 heavy (non-hydrogen) atoms. The van der Waals surface area contributed by atoms with E-state index in [-0.39, 0.29) is 5.56 Å². The Morgan fingerprint density at radius 3 is 2.59 bits per heavy atom. The number of ether oxygens (including phenoxy) is 4. The molecule has 8 nitrogen and oxygen atoms in total. The van der Waals surface area contributed by atoms with Crippen molar-refractivity contribution < 1.29 is 18.9 Å². The lowest BCUT2D eigenvalue weighted by Crippen LogP contribution is -2.37. The Labute approximate surface area is 187 Å². The van der Waals surface area contributed by atoms with Crippen molar-refractivity contribution in [2.45, 2.75) is 13.0 Å². The Kier molecular flexibility index (Phi) is 7.58. The average molecular weight is 440 g/mol. The summed E-state index contributed by atoms with van der Waals surface area (Å²) in [5, 5.41) is 0. The van der Waals surface area contributed by atoms with Crippen molar-refractivity contribution in [3.8, 4) is 17.2 Å². The topological polar surface area (TPSA) is 75.0 Å². The summed E-state index contributed by atoms with van der Waals surface area (Å²) in [7, 11) is 1.60. The fraction of sp³-hybridized carbons (Fsp3) is 0.417. The van der Waals surface area contributed by atoms with Crippen LogP contribution in [0.15, 0.2) is 53.5 Å². The summed E-state index contributed by atoms with van der Waals surface area (Å²) in [6.45, 7) is 5.78. The highest BCUT2D eigenvalue weighted by Crippen LogP contribution is 2.31. The van der Waals surface area contributed by atoms with Gasteiger partial charge < -0.3 is 23.5 Å². The number of hydrogen-bond acceptors (Lipinski definition) is 7. The van der Waals surface area contributed by atoms with E-state index in [1.165, 1.54) is 6.20 Å². The van der Waals surface area contributed by atoms with E-state index in [4.69, 9.17) is 18.9 Å². The lowest BCUT2D eigenvalue weighted by molar-refractivity contribution is 0.0357. The fourth-order valence-corrected chi connectivity index (χ4v) is 3.74. The second-order valence-corrected chi connectivity index (χ2v) is 7.56. The van der Waals surface area contributed by atoms with E-state index in [1.54, 1.807) is 17.7 Å². The molecular weight excluding hydrogens is 410 g/mol. The molecular formula is C24H29N3O5. The first-order valence-electron chi connectivity index (χ1n) is 10.9. The van der Waals surface area contributed by atoms with E-state index in [0.29, 0.717) is 42.3 Å². The monoisotopic (exact) mass is 439 g/mol. The number of morpholine rings is 1. The number of hydrogen-bond donors (Lipinski definition) is 0. The third-order valence-corrected chi connectivity index (χ3v) is 5.44. The molecule has 0 aliphatic carbocycles. The molecule has 1 aromatic heterocycles. The summed E-state index contributed by atoms with van der Waals surface area (Å²) < 4.78 is 24.4. The molecule has 1 aliphatic rings. The lowest BCUT2D eigenvalue weighted by Gasteiger charge is -2.26. The zero-order valence-corrected chi connectivity index (χ0v) is 18.4. The van der Waals surface area contributed by atoms with Gasteiger partial charge in [0, 0.05) is 31.8 Å². The zero-order valence-electron chi connectivity index (χ0n) is 18.4. The van der Waals surface area contributed by atoms with Gasteiger partial charge in [0.2, 0.25) is 0 Å². The standard InChI is InChI=1S/C24H29N3O5/c1-29-22-16-20-21(17-23(22)32-12-5-8-26-9-13-30-14-10-26)27(24(28)18-25-20)11-15-31-19-6-3-2-4-7-19/h2-4,6-7,16-18H,5,8-15H2,1H3. The zero-order chi connectivity index (χ0) is 22.2. The number of nitrogens with zero attached hydrogens (tertiary/aromatic N) is 3. The van der Waals surface area contributed by atoms with E-state index < -0.39 is 0 Å². The average Bonchev–Trinajstić information content (AvgIpc) is 2.84. The Hall–Kier alpha value is -3.10. The van der Waals surface area contributed by atoms with Gasteiger partial charge in [-0.25, -0.2) is 4.98 Å². The molecule has 0 N–H and O–H groups in total. The molecule has 2 heterocycles. The summed E-state index contributed by atoms with van der Waals surface area (Å²) in [5.74, 6) is 1.97. The van der Waals surface area contributed by atoms with E-state index in [9.17, 15) is 4.79 Å². The van der Waals surface area contributed by atoms with Gasteiger partial charge in [0.25, 0.3) is 5.56 Å². The summed E-state index contributed by atoms with van der Waals surface area (Å²) in [5.41, 5.74) is 1.18. The number of para-hydroxylation sites is 1. The number of benzene rings is 2. The van der Waals surface area contributed by atoms with Crippen LogP contribution in [0.1, 0.15) is 6.42 Å². The molecule has 1 fully saturated rings. The SMILES string of the molecule is COc1cc2ncc(=O)n(CCOc3ccccc3)c2cc1OCCCN1CCOCC1. The van der Waals surface area contributed by atoms with Crippen LogP contribution in [0.3, 0.4) is 0 Å². The van der Waals surface area contributed by atoms with Crippen LogP contribution in [-0.4, -0.2) is 67.6 Å². The summed E-state index contributed by atoms with van der Waals surface area (Å²) in [6.07, 6.45) is 2.22. The molecule has 0 radical (unpaired) electrons. The Bertz CT molecular complexity index is 1060. The molecule has 0 spiro atoms. The third-order valence-electron chi connectivity index (χ3n) is 5.44. The van der Waals surface area contributed by atoms with Crippen LogP contribution in [-0.2, 0) is 11.3 Å². The molecule has 0 bridgehead atoms. The second kappa shape index (κ2) is 11.0. The van der Waals surface area contributed by atoms with Gasteiger partial charge in [0.15, 0.2) is 11.5 Å². The number of aromatic nitrogens is 2. The predicted octanol–water partition coefficient (Wildman–Crippen LogP) is 2.59. The number of rotatable bonds is 10. The van der Waals surface area contributed by atoms with E-state index >= 15 is 0 Å². The van der Waals surface area contributed by atoms with Gasteiger partial charge >= 0.3 is 0 Å². The number of methoxy groups -OCH3 is 1. The molecule has 8 heteroatoms. The maximum absolute atomic E-state index is 12.5. The van der Waals surface area contributed by atoms with Gasteiger partial charge in [-0.05, 0) is 18.6 Å². The van der Waals surface area contributed by atoms with Crippen LogP contribution in [0.2, 0.25) is 0 Å². The quantitative estimate of drug-likeness (QED) is 0.450. The van der Waals surface area contributed by atoms with E-state index in [1.807, 2.05) is 36.4 Å². The van der Waals surface area contributed by atoms with Crippen molar-refractivity contribution in [1.29, 1.82) is 0 Å². The van der Waals surface area contributed by atoms with Crippen LogP contribution in [0.5, 0.6) is 17.2 Å². The van der Waals surface area contributed by atoms with E-state index in [2.05, 4.69) is 9.88 Å². The molecule has 0 unspecified atom stereocenters. The molecule has 3 aromatic rings. The number of fused-ring (bicyclic) bond motifs is 1. The van der Waals surface area contributed by atoms with Gasteiger partial charge in [-0.1, -0.05) is 18.2 Å². The Balaban J connectivity index is 1.46. The summed E-state index contributed by atoms with van der Waals surface area (Å²) >= 11 is 0. The van der Waals surface area contributed by atoms with Gasteiger partial charge in [0.1, 0.15) is 12.4 Å². The Morgan fingerprint density at radius 2 is 1.81 bits per heavy atom. The van der Waals surface area contributed by atoms with Crippen molar-refractivity contribution in [3.63, 3.8) is 0 Å². The minimum absolute atomic E-state index is 0.183. The highest BCUT2D eigenvalue weighted by atomic mass is 16.5. The highest BCUT2D eigenvalue weighted by molar-refractivity contribution is 5.79. The van der Waals surface area contributed by atoms with Crippen LogP contribution in [0, 0.1) is 0 Å². The fourth-order valence-electron chi connectivity index (χ4n) is 3.74. The molecule has 170 valence electrons. The molecule has 2 aromatic carbocycles. The van der Waals surface area contributed by atoms with Crippen molar-refractivity contribution in [2.24, 2.45) is 0 Å². The third kappa shape index (κ3) is 5.57. The first-order valence-corrected chi connectivity index (χ1v) is 10.9. The molecule has 0 amide bonds. The second-order valence-electron chi connectivity index (χ2n) is 7.56. The van der Waals surface area contributed by atoms with Gasteiger partial charge in [-0.15, -0.1) is 0 Å². The molecule has 4 rings (SSSR count). The lowest BCUT2D eigenvalue weighted by atomic mass is 10.2. The van der Waals surface area contributed by atoms with Crippen LogP contribution < -0.4 is 19.8 Å². The molecule has 1 saturated heterocycles. The minimum Gasteiger partial charge on any atom is -0.493 e. The van der Waals surface area contributed by atoms with E-state index in [0.717, 1.165) is 45.0 Å². The largest absolute Gasteiger partial charge is 0.493 e. The van der Waals surface area contributed by atoms with Crippen LogP contribution in [0.25, 0.3) is 11.0 Å². The van der Waals surface area contributed by atoms with Gasteiger partial charge in [-0.2, -0.15) is 0 Å². The van der Waals surface area contributed by atoms with Crippen molar-refractivity contribution in [1.82, 2.24) is 14.5 Å². The van der Waals surface area contributed by atoms with Crippen molar-refractivity contribution >= 4 is 11.0 Å². The van der Waals surface area contributed by atoms with Crippen molar-refractivity contribution in [3.05, 3.63) is 59.0 Å². The summed E-state index contributed by atoms with van der Waals surface area (Å²) in [6, 6.07) is 13.2. The maximum Gasteiger partial charge on any atom is 0.269 e. The Morgan fingerprint density at radius 1 is 1.00 bits per heavy atom. The first-order chi connectivity index (χ1) is 15.7. The van der Waals surface area contributed by atoms with Crippen LogP contribution >= 0.6 is 0 Å². The first kappa shape index (κ1) is 22.1. The van der Waals surface area contributed by atoms with Gasteiger partial charge in [0.05, 0.1) is 50.7 Å². The van der Waals surface area contributed by atoms with Crippen molar-refractivity contribution in [2.75, 3.05) is 53.2 Å².